The molecule has 0 saturated carbocycles. The van der Waals surface area contributed by atoms with Crippen molar-refractivity contribution in [1.82, 2.24) is 0 Å². The molecule has 0 amide bonds. The van der Waals surface area contributed by atoms with E-state index in [1.807, 2.05) is 13.8 Å². The molecule has 0 heterocycles. The predicted molar refractivity (Wildman–Crippen MR) is 63.8 cm³/mol. The maximum absolute atomic E-state index is 13.6. The summed E-state index contributed by atoms with van der Waals surface area (Å²) in [6.07, 6.45) is -0.227. The lowest BCUT2D eigenvalue weighted by atomic mass is 9.88. The van der Waals surface area contributed by atoms with Crippen LogP contribution in [0.15, 0.2) is 24.3 Å². The largest absolute Gasteiger partial charge is 0.273 e. The van der Waals surface area contributed by atoms with Gasteiger partial charge in [0.2, 0.25) is 0 Å². The lowest BCUT2D eigenvalue weighted by Crippen LogP contribution is -2.13. The van der Waals surface area contributed by atoms with E-state index in [-0.39, 0.29) is 23.8 Å². The van der Waals surface area contributed by atoms with Crippen molar-refractivity contribution < 1.29 is 8.78 Å². The van der Waals surface area contributed by atoms with E-state index >= 15 is 0 Å². The minimum Gasteiger partial charge on any atom is -0.201 e. The Morgan fingerprint density at radius 3 is 2.47 bits per heavy atom. The molecule has 1 aromatic rings. The van der Waals surface area contributed by atoms with Crippen molar-refractivity contribution in [2.45, 2.75) is 39.0 Å². The number of hydrogen-bond acceptors (Lipinski definition) is 1. The molecule has 1 aromatic carbocycles. The first-order valence-electron chi connectivity index (χ1n) is 5.80. The van der Waals surface area contributed by atoms with Gasteiger partial charge in [0, 0.05) is 12.0 Å². The highest BCUT2D eigenvalue weighted by Crippen LogP contribution is 2.33. The zero-order valence-electron chi connectivity index (χ0n) is 10.4. The molecule has 0 bridgehead atoms. The number of benzene rings is 1. The third-order valence-electron chi connectivity index (χ3n) is 2.92. The van der Waals surface area contributed by atoms with Crippen LogP contribution >= 0.6 is 0 Å². The molecular weight excluding hydrogens is 220 g/mol. The van der Waals surface area contributed by atoms with Gasteiger partial charge in [0.05, 0.1) is 12.0 Å². The second-order valence-electron chi connectivity index (χ2n) is 4.53. The van der Waals surface area contributed by atoms with Crippen molar-refractivity contribution in [3.63, 3.8) is 0 Å². The van der Waals surface area contributed by atoms with E-state index in [9.17, 15) is 8.78 Å². The highest BCUT2D eigenvalue weighted by atomic mass is 19.3. The molecule has 1 atom stereocenters. The van der Waals surface area contributed by atoms with E-state index in [1.165, 1.54) is 19.1 Å². The number of nitrogens with zero attached hydrogens (tertiary/aromatic N) is 1. The molecule has 0 aliphatic carbocycles. The molecule has 0 aliphatic heterocycles. The standard InChI is InChI=1S/C14H17F2N/c1-4-14(15,16)12-7-5-6-11(8-12)13(9-17)10(2)3/h5-8,10,13H,4H2,1-3H3. The molecule has 3 heteroatoms. The van der Waals surface area contributed by atoms with Crippen molar-refractivity contribution >= 4 is 0 Å². The van der Waals surface area contributed by atoms with E-state index in [1.54, 1.807) is 12.1 Å². The molecule has 0 radical (unpaired) electrons. The van der Waals surface area contributed by atoms with Gasteiger partial charge >= 0.3 is 0 Å². The van der Waals surface area contributed by atoms with Crippen LogP contribution in [0.1, 0.15) is 44.2 Å². The van der Waals surface area contributed by atoms with Gasteiger partial charge in [-0.15, -0.1) is 0 Å². The zero-order chi connectivity index (χ0) is 13.1. The van der Waals surface area contributed by atoms with Gasteiger partial charge in [0.25, 0.3) is 5.92 Å². The summed E-state index contributed by atoms with van der Waals surface area (Å²) in [5.74, 6) is -3.03. The monoisotopic (exact) mass is 237 g/mol. The van der Waals surface area contributed by atoms with Crippen molar-refractivity contribution in [3.8, 4) is 6.07 Å². The van der Waals surface area contributed by atoms with Crippen LogP contribution in [0.4, 0.5) is 8.78 Å². The quantitative estimate of drug-likeness (QED) is 0.758. The molecule has 1 unspecified atom stereocenters. The molecule has 0 aliphatic rings. The van der Waals surface area contributed by atoms with Gasteiger partial charge < -0.3 is 0 Å². The fourth-order valence-electron chi connectivity index (χ4n) is 1.77. The van der Waals surface area contributed by atoms with E-state index in [0.717, 1.165) is 0 Å². The summed E-state index contributed by atoms with van der Waals surface area (Å²) in [4.78, 5) is 0. The highest BCUT2D eigenvalue weighted by molar-refractivity contribution is 5.32. The summed E-state index contributed by atoms with van der Waals surface area (Å²) < 4.78 is 27.1. The van der Waals surface area contributed by atoms with Crippen molar-refractivity contribution in [2.75, 3.05) is 0 Å². The van der Waals surface area contributed by atoms with E-state index < -0.39 is 5.92 Å². The highest BCUT2D eigenvalue weighted by Gasteiger charge is 2.29. The van der Waals surface area contributed by atoms with Crippen LogP contribution in [0, 0.1) is 17.2 Å². The van der Waals surface area contributed by atoms with Gasteiger partial charge in [-0.05, 0) is 17.5 Å². The third-order valence-corrected chi connectivity index (χ3v) is 2.92. The molecule has 17 heavy (non-hydrogen) atoms. The average Bonchev–Trinajstić information content (AvgIpc) is 2.30. The van der Waals surface area contributed by atoms with Crippen LogP contribution in [0.5, 0.6) is 0 Å². The van der Waals surface area contributed by atoms with Gasteiger partial charge in [-0.25, -0.2) is 8.78 Å². The van der Waals surface area contributed by atoms with Crippen molar-refractivity contribution in [1.29, 1.82) is 5.26 Å². The molecule has 0 fully saturated rings. The van der Waals surface area contributed by atoms with Crippen LogP contribution in [0.3, 0.4) is 0 Å². The number of rotatable bonds is 4. The van der Waals surface area contributed by atoms with Gasteiger partial charge in [0.15, 0.2) is 0 Å². The fourth-order valence-corrected chi connectivity index (χ4v) is 1.77. The Morgan fingerprint density at radius 1 is 1.35 bits per heavy atom. The Hall–Kier alpha value is -1.43. The summed E-state index contributed by atoms with van der Waals surface area (Å²) in [6.45, 7) is 5.29. The van der Waals surface area contributed by atoms with Gasteiger partial charge in [0.1, 0.15) is 0 Å². The van der Waals surface area contributed by atoms with Gasteiger partial charge in [-0.1, -0.05) is 39.0 Å². The Kier molecular flexibility index (Phi) is 4.22. The van der Waals surface area contributed by atoms with Crippen LogP contribution in [-0.4, -0.2) is 0 Å². The van der Waals surface area contributed by atoms with Crippen molar-refractivity contribution in [2.24, 2.45) is 5.92 Å². The molecule has 0 saturated heterocycles. The summed E-state index contributed by atoms with van der Waals surface area (Å²) in [5.41, 5.74) is 0.673. The normalized spacial score (nSPS) is 13.5. The molecule has 0 N–H and O–H groups in total. The van der Waals surface area contributed by atoms with E-state index in [4.69, 9.17) is 5.26 Å². The van der Waals surface area contributed by atoms with E-state index in [0.29, 0.717) is 5.56 Å². The van der Waals surface area contributed by atoms with Crippen LogP contribution in [0.25, 0.3) is 0 Å². The summed E-state index contributed by atoms with van der Waals surface area (Å²) in [5, 5.41) is 9.06. The Balaban J connectivity index is 3.14. The van der Waals surface area contributed by atoms with Crippen LogP contribution in [-0.2, 0) is 5.92 Å². The summed E-state index contributed by atoms with van der Waals surface area (Å²) >= 11 is 0. The summed E-state index contributed by atoms with van der Waals surface area (Å²) in [7, 11) is 0. The lowest BCUT2D eigenvalue weighted by molar-refractivity contribution is -0.00837. The number of nitriles is 1. The molecule has 92 valence electrons. The van der Waals surface area contributed by atoms with E-state index in [2.05, 4.69) is 6.07 Å². The Labute approximate surface area is 101 Å². The molecule has 1 rings (SSSR count). The first-order chi connectivity index (χ1) is 7.92. The molecule has 0 aromatic heterocycles. The minimum atomic E-state index is -2.81. The lowest BCUT2D eigenvalue weighted by Gasteiger charge is -2.18. The number of halogens is 2. The predicted octanol–water partition coefficient (Wildman–Crippen LogP) is 4.45. The maximum Gasteiger partial charge on any atom is 0.273 e. The number of alkyl halides is 2. The fraction of sp³-hybridized carbons (Fsp3) is 0.500. The van der Waals surface area contributed by atoms with Gasteiger partial charge in [-0.2, -0.15) is 5.26 Å². The number of hydrogen-bond donors (Lipinski definition) is 0. The first kappa shape index (κ1) is 13.6. The maximum atomic E-state index is 13.6. The SMILES string of the molecule is CCC(F)(F)c1cccc(C(C#N)C(C)C)c1. The van der Waals surface area contributed by atoms with Crippen LogP contribution in [0.2, 0.25) is 0 Å². The molecule has 0 spiro atoms. The zero-order valence-corrected chi connectivity index (χ0v) is 10.4. The Morgan fingerprint density at radius 2 is 2.00 bits per heavy atom. The van der Waals surface area contributed by atoms with Gasteiger partial charge in [-0.3, -0.25) is 0 Å². The first-order valence-corrected chi connectivity index (χ1v) is 5.80. The Bertz CT molecular complexity index is 418. The van der Waals surface area contributed by atoms with Crippen LogP contribution < -0.4 is 0 Å². The minimum absolute atomic E-state index is 0.00148. The molecular formula is C14H17F2N. The smallest absolute Gasteiger partial charge is 0.201 e. The average molecular weight is 237 g/mol. The summed E-state index contributed by atoms with van der Waals surface area (Å²) in [6, 6.07) is 8.38. The van der Waals surface area contributed by atoms with Crippen molar-refractivity contribution in [3.05, 3.63) is 35.4 Å². The second-order valence-corrected chi connectivity index (χ2v) is 4.53. The topological polar surface area (TPSA) is 23.8 Å². The second kappa shape index (κ2) is 5.27. The third kappa shape index (κ3) is 3.03. The molecule has 1 nitrogen and oxygen atoms in total.